The summed E-state index contributed by atoms with van der Waals surface area (Å²) in [5, 5.41) is 8.96. The summed E-state index contributed by atoms with van der Waals surface area (Å²) < 4.78 is 39.2. The van der Waals surface area contributed by atoms with Crippen LogP contribution < -0.4 is 0 Å². The highest BCUT2D eigenvalue weighted by molar-refractivity contribution is 5.80. The molecule has 0 saturated carbocycles. The number of urea groups is 1. The lowest BCUT2D eigenvalue weighted by atomic mass is 9.86. The molecule has 2 amide bonds. The van der Waals surface area contributed by atoms with Crippen LogP contribution in [0.1, 0.15) is 20.3 Å². The Hall–Kier alpha value is -1.73. The van der Waals surface area contributed by atoms with Crippen LogP contribution in [0.3, 0.4) is 0 Å². The molecule has 120 valence electrons. The summed E-state index contributed by atoms with van der Waals surface area (Å²) in [5.41, 5.74) is -2.88. The predicted octanol–water partition coefficient (Wildman–Crippen LogP) is 2.34. The van der Waals surface area contributed by atoms with Gasteiger partial charge in [0.15, 0.2) is 5.41 Å². The molecule has 1 aliphatic rings. The van der Waals surface area contributed by atoms with Gasteiger partial charge in [-0.25, -0.2) is 4.79 Å². The van der Waals surface area contributed by atoms with Crippen LogP contribution in [-0.4, -0.2) is 58.8 Å². The molecule has 1 rings (SSSR count). The lowest BCUT2D eigenvalue weighted by Crippen LogP contribution is -2.50. The zero-order valence-electron chi connectivity index (χ0n) is 12.0. The molecule has 0 aliphatic carbocycles. The van der Waals surface area contributed by atoms with Gasteiger partial charge in [-0.1, -0.05) is 6.08 Å². The summed E-state index contributed by atoms with van der Waals surface area (Å²) in [4.78, 5) is 25.6. The third-order valence-electron chi connectivity index (χ3n) is 3.69. The van der Waals surface area contributed by atoms with Gasteiger partial charge in [-0.05, 0) is 20.3 Å². The second-order valence-electron chi connectivity index (χ2n) is 5.37. The largest absolute Gasteiger partial charge is 0.481 e. The van der Waals surface area contributed by atoms with Gasteiger partial charge >= 0.3 is 18.2 Å². The van der Waals surface area contributed by atoms with Crippen LogP contribution in [0, 0.1) is 5.41 Å². The van der Waals surface area contributed by atoms with Gasteiger partial charge in [0.2, 0.25) is 0 Å². The minimum Gasteiger partial charge on any atom is -0.481 e. The van der Waals surface area contributed by atoms with Crippen LogP contribution >= 0.6 is 0 Å². The van der Waals surface area contributed by atoms with Crippen molar-refractivity contribution in [3.8, 4) is 0 Å². The van der Waals surface area contributed by atoms with Crippen LogP contribution in [0.4, 0.5) is 18.0 Å². The van der Waals surface area contributed by atoms with Crippen molar-refractivity contribution < 1.29 is 27.9 Å². The summed E-state index contributed by atoms with van der Waals surface area (Å²) >= 11 is 0. The molecule has 1 heterocycles. The van der Waals surface area contributed by atoms with Crippen molar-refractivity contribution in [3.05, 3.63) is 12.7 Å². The Balaban J connectivity index is 2.97. The molecule has 0 aromatic heterocycles. The first kappa shape index (κ1) is 17.3. The van der Waals surface area contributed by atoms with Crippen molar-refractivity contribution in [2.24, 2.45) is 5.41 Å². The van der Waals surface area contributed by atoms with Crippen molar-refractivity contribution in [2.45, 2.75) is 32.5 Å². The zero-order valence-corrected chi connectivity index (χ0v) is 12.0. The number of carbonyl (C=O) groups excluding carboxylic acids is 1. The standard InChI is InChI=1S/C13H19F3N2O3/c1-4-6-18(9(2)3)11(21)17-7-5-12(8-17,10(19)20)13(14,15)16/h4,9H,1,5-8H2,2-3H3,(H,19,20). The Bertz CT molecular complexity index is 437. The van der Waals surface area contributed by atoms with Gasteiger partial charge in [-0.2, -0.15) is 13.2 Å². The third-order valence-corrected chi connectivity index (χ3v) is 3.69. The number of likely N-dealkylation sites (tertiary alicyclic amines) is 1. The van der Waals surface area contributed by atoms with Crippen molar-refractivity contribution in [2.75, 3.05) is 19.6 Å². The summed E-state index contributed by atoms with van der Waals surface area (Å²) in [6.07, 6.45) is -4.05. The number of hydrogen-bond donors (Lipinski definition) is 1. The number of rotatable bonds is 4. The van der Waals surface area contributed by atoms with Crippen molar-refractivity contribution >= 4 is 12.0 Å². The predicted molar refractivity (Wildman–Crippen MR) is 69.7 cm³/mol. The fraction of sp³-hybridized carbons (Fsp3) is 0.692. The molecular formula is C13H19F3N2O3. The quantitative estimate of drug-likeness (QED) is 0.811. The Morgan fingerprint density at radius 3 is 2.38 bits per heavy atom. The molecule has 0 aromatic carbocycles. The van der Waals surface area contributed by atoms with Gasteiger partial charge < -0.3 is 14.9 Å². The van der Waals surface area contributed by atoms with E-state index in [9.17, 15) is 22.8 Å². The normalized spacial score (nSPS) is 22.5. The Morgan fingerprint density at radius 2 is 2.05 bits per heavy atom. The highest BCUT2D eigenvalue weighted by atomic mass is 19.4. The van der Waals surface area contributed by atoms with Gasteiger partial charge in [-0.15, -0.1) is 6.58 Å². The highest BCUT2D eigenvalue weighted by Crippen LogP contribution is 2.45. The van der Waals surface area contributed by atoms with Crippen LogP contribution in [0.5, 0.6) is 0 Å². The second kappa shape index (κ2) is 5.95. The smallest absolute Gasteiger partial charge is 0.406 e. The van der Waals surface area contributed by atoms with E-state index < -0.39 is 36.6 Å². The molecule has 1 aliphatic heterocycles. The van der Waals surface area contributed by atoms with Crippen LogP contribution in [-0.2, 0) is 4.79 Å². The van der Waals surface area contributed by atoms with Gasteiger partial charge in [0.05, 0.1) is 0 Å². The highest BCUT2D eigenvalue weighted by Gasteiger charge is 2.64. The fourth-order valence-corrected chi connectivity index (χ4v) is 2.33. The molecule has 1 unspecified atom stereocenters. The summed E-state index contributed by atoms with van der Waals surface area (Å²) in [6.45, 7) is 6.06. The minimum atomic E-state index is -4.89. The molecule has 1 fully saturated rings. The monoisotopic (exact) mass is 308 g/mol. The molecule has 21 heavy (non-hydrogen) atoms. The SMILES string of the molecule is C=CCN(C(=O)N1CCC(C(=O)O)(C(F)(F)F)C1)C(C)C. The second-order valence-corrected chi connectivity index (χ2v) is 5.37. The lowest BCUT2D eigenvalue weighted by molar-refractivity contribution is -0.227. The van der Waals surface area contributed by atoms with Crippen molar-refractivity contribution in [1.82, 2.24) is 9.80 Å². The van der Waals surface area contributed by atoms with E-state index in [4.69, 9.17) is 5.11 Å². The number of amides is 2. The number of hydrogen-bond acceptors (Lipinski definition) is 2. The zero-order chi connectivity index (χ0) is 16.4. The Labute approximate surface area is 121 Å². The first-order valence-electron chi connectivity index (χ1n) is 6.53. The van der Waals surface area contributed by atoms with E-state index in [0.29, 0.717) is 0 Å². The number of nitrogens with zero attached hydrogens (tertiary/aromatic N) is 2. The summed E-state index contributed by atoms with van der Waals surface area (Å²) in [6, 6.07) is -0.821. The third kappa shape index (κ3) is 3.14. The van der Waals surface area contributed by atoms with Crippen molar-refractivity contribution in [3.63, 3.8) is 0 Å². The lowest BCUT2D eigenvalue weighted by Gasteiger charge is -2.32. The molecule has 8 heteroatoms. The molecule has 1 N–H and O–H groups in total. The number of carboxylic acids is 1. The van der Waals surface area contributed by atoms with Gasteiger partial charge in [0, 0.05) is 25.7 Å². The minimum absolute atomic E-state index is 0.194. The molecule has 0 bridgehead atoms. The van der Waals surface area contributed by atoms with Gasteiger partial charge in [-0.3, -0.25) is 4.79 Å². The Morgan fingerprint density at radius 1 is 1.48 bits per heavy atom. The molecule has 0 aromatic rings. The number of carboxylic acid groups (broad SMARTS) is 1. The number of alkyl halides is 3. The van der Waals surface area contributed by atoms with E-state index in [-0.39, 0.29) is 19.1 Å². The average molecular weight is 308 g/mol. The van der Waals surface area contributed by atoms with E-state index >= 15 is 0 Å². The van der Waals surface area contributed by atoms with Crippen LogP contribution in [0.2, 0.25) is 0 Å². The number of carbonyl (C=O) groups is 2. The van der Waals surface area contributed by atoms with E-state index in [2.05, 4.69) is 6.58 Å². The van der Waals surface area contributed by atoms with Crippen LogP contribution in [0.15, 0.2) is 12.7 Å². The number of halogens is 3. The molecular weight excluding hydrogens is 289 g/mol. The summed E-state index contributed by atoms with van der Waals surface area (Å²) in [5.74, 6) is -1.94. The molecule has 1 atom stereocenters. The van der Waals surface area contributed by atoms with E-state index in [1.807, 2.05) is 0 Å². The average Bonchev–Trinajstić information content (AvgIpc) is 2.80. The fourth-order valence-electron chi connectivity index (χ4n) is 2.33. The summed E-state index contributed by atoms with van der Waals surface area (Å²) in [7, 11) is 0. The molecule has 1 saturated heterocycles. The van der Waals surface area contributed by atoms with E-state index in [0.717, 1.165) is 4.90 Å². The van der Waals surface area contributed by atoms with Crippen molar-refractivity contribution in [1.29, 1.82) is 0 Å². The molecule has 0 radical (unpaired) electrons. The van der Waals surface area contributed by atoms with Crippen LogP contribution in [0.25, 0.3) is 0 Å². The Kier molecular flexibility index (Phi) is 4.91. The number of aliphatic carboxylic acids is 1. The van der Waals surface area contributed by atoms with E-state index in [1.54, 1.807) is 13.8 Å². The topological polar surface area (TPSA) is 60.9 Å². The first-order chi connectivity index (χ1) is 9.56. The maximum Gasteiger partial charge on any atom is 0.406 e. The van der Waals surface area contributed by atoms with Gasteiger partial charge in [0.1, 0.15) is 0 Å². The first-order valence-corrected chi connectivity index (χ1v) is 6.53. The maximum atomic E-state index is 13.1. The molecule has 0 spiro atoms. The van der Waals surface area contributed by atoms with Gasteiger partial charge in [0.25, 0.3) is 0 Å². The van der Waals surface area contributed by atoms with E-state index in [1.165, 1.54) is 11.0 Å². The maximum absolute atomic E-state index is 13.1. The molecule has 5 nitrogen and oxygen atoms in total.